The third-order valence-corrected chi connectivity index (χ3v) is 3.73. The Morgan fingerprint density at radius 1 is 1.00 bits per heavy atom. The molecule has 0 saturated carbocycles. The van der Waals surface area contributed by atoms with Crippen molar-refractivity contribution in [1.29, 1.82) is 0 Å². The molecular weight excluding hydrogens is 274 g/mol. The van der Waals surface area contributed by atoms with E-state index in [1.165, 1.54) is 5.56 Å². The molecule has 2 aromatic carbocycles. The standard InChI is InChI=1S/C18H19N3O/c1-2-21(12-14-8-4-3-5-9-14)13-17-19-16-11-7-6-10-15(16)18(22)20-17/h3-11H,2,12-13H2,1H3,(H,19,20,22). The highest BCUT2D eigenvalue weighted by Gasteiger charge is 2.08. The molecule has 0 aliphatic rings. The monoisotopic (exact) mass is 293 g/mol. The Bertz CT molecular complexity index is 811. The van der Waals surface area contributed by atoms with Crippen LogP contribution in [-0.2, 0) is 13.1 Å². The van der Waals surface area contributed by atoms with Crippen molar-refractivity contribution in [2.24, 2.45) is 0 Å². The minimum atomic E-state index is -0.0728. The number of hydrogen-bond donors (Lipinski definition) is 1. The molecule has 112 valence electrons. The Kier molecular flexibility index (Phi) is 4.30. The molecule has 0 amide bonds. The summed E-state index contributed by atoms with van der Waals surface area (Å²) in [6.07, 6.45) is 0. The maximum atomic E-state index is 12.1. The number of aromatic amines is 1. The highest BCUT2D eigenvalue weighted by atomic mass is 16.1. The van der Waals surface area contributed by atoms with Gasteiger partial charge in [-0.15, -0.1) is 0 Å². The van der Waals surface area contributed by atoms with Gasteiger partial charge in [-0.25, -0.2) is 4.98 Å². The number of nitrogens with one attached hydrogen (secondary N) is 1. The molecule has 4 heteroatoms. The van der Waals surface area contributed by atoms with Crippen LogP contribution in [0.15, 0.2) is 59.4 Å². The van der Waals surface area contributed by atoms with E-state index in [0.29, 0.717) is 17.8 Å². The summed E-state index contributed by atoms with van der Waals surface area (Å²) in [5, 5.41) is 0.636. The van der Waals surface area contributed by atoms with Gasteiger partial charge in [0.05, 0.1) is 17.4 Å². The van der Waals surface area contributed by atoms with Crippen LogP contribution in [0.3, 0.4) is 0 Å². The first-order valence-corrected chi connectivity index (χ1v) is 7.50. The molecule has 0 aliphatic heterocycles. The second kappa shape index (κ2) is 6.54. The lowest BCUT2D eigenvalue weighted by Crippen LogP contribution is -2.25. The molecule has 0 fully saturated rings. The van der Waals surface area contributed by atoms with Gasteiger partial charge in [0, 0.05) is 6.54 Å². The Balaban J connectivity index is 1.83. The van der Waals surface area contributed by atoms with E-state index in [9.17, 15) is 4.79 Å². The predicted octanol–water partition coefficient (Wildman–Crippen LogP) is 2.95. The van der Waals surface area contributed by atoms with Crippen LogP contribution >= 0.6 is 0 Å². The molecule has 1 aromatic heterocycles. The number of benzene rings is 2. The maximum absolute atomic E-state index is 12.1. The van der Waals surface area contributed by atoms with Crippen molar-refractivity contribution in [2.75, 3.05) is 6.54 Å². The number of fused-ring (bicyclic) bond motifs is 1. The lowest BCUT2D eigenvalue weighted by atomic mass is 10.2. The third kappa shape index (κ3) is 3.23. The van der Waals surface area contributed by atoms with E-state index >= 15 is 0 Å². The zero-order chi connectivity index (χ0) is 15.4. The molecule has 3 rings (SSSR count). The van der Waals surface area contributed by atoms with Gasteiger partial charge in [-0.3, -0.25) is 9.69 Å². The first kappa shape index (κ1) is 14.5. The highest BCUT2D eigenvalue weighted by molar-refractivity contribution is 5.77. The molecule has 22 heavy (non-hydrogen) atoms. The summed E-state index contributed by atoms with van der Waals surface area (Å²) in [7, 11) is 0. The molecular formula is C18H19N3O. The fourth-order valence-corrected chi connectivity index (χ4v) is 2.54. The minimum absolute atomic E-state index is 0.0728. The highest BCUT2D eigenvalue weighted by Crippen LogP contribution is 2.09. The van der Waals surface area contributed by atoms with E-state index in [1.54, 1.807) is 6.07 Å². The second-order valence-corrected chi connectivity index (χ2v) is 5.32. The zero-order valence-electron chi connectivity index (χ0n) is 12.6. The largest absolute Gasteiger partial charge is 0.309 e. The van der Waals surface area contributed by atoms with Gasteiger partial charge in [0.25, 0.3) is 5.56 Å². The second-order valence-electron chi connectivity index (χ2n) is 5.32. The summed E-state index contributed by atoms with van der Waals surface area (Å²) >= 11 is 0. The van der Waals surface area contributed by atoms with Crippen LogP contribution in [0, 0.1) is 0 Å². The smallest absolute Gasteiger partial charge is 0.258 e. The molecule has 1 N–H and O–H groups in total. The van der Waals surface area contributed by atoms with Crippen molar-refractivity contribution in [2.45, 2.75) is 20.0 Å². The first-order chi connectivity index (χ1) is 10.8. The Hall–Kier alpha value is -2.46. The summed E-state index contributed by atoms with van der Waals surface area (Å²) in [6.45, 7) is 4.48. The van der Waals surface area contributed by atoms with Crippen LogP contribution < -0.4 is 5.56 Å². The van der Waals surface area contributed by atoms with Crippen molar-refractivity contribution >= 4 is 10.9 Å². The van der Waals surface area contributed by atoms with E-state index in [2.05, 4.69) is 33.9 Å². The molecule has 0 radical (unpaired) electrons. The summed E-state index contributed by atoms with van der Waals surface area (Å²) in [5.74, 6) is 0.710. The Morgan fingerprint density at radius 2 is 1.73 bits per heavy atom. The van der Waals surface area contributed by atoms with Crippen LogP contribution in [0.5, 0.6) is 0 Å². The molecule has 3 aromatic rings. The normalized spacial score (nSPS) is 11.2. The quantitative estimate of drug-likeness (QED) is 0.787. The molecule has 0 atom stereocenters. The lowest BCUT2D eigenvalue weighted by molar-refractivity contribution is 0.264. The Morgan fingerprint density at radius 3 is 2.50 bits per heavy atom. The topological polar surface area (TPSA) is 49.0 Å². The van der Waals surface area contributed by atoms with Gasteiger partial charge in [-0.05, 0) is 24.2 Å². The van der Waals surface area contributed by atoms with E-state index in [1.807, 2.05) is 36.4 Å². The summed E-state index contributed by atoms with van der Waals surface area (Å²) in [4.78, 5) is 21.8. The Labute approximate surface area is 129 Å². The van der Waals surface area contributed by atoms with Crippen molar-refractivity contribution in [3.05, 3.63) is 76.3 Å². The number of aromatic nitrogens is 2. The van der Waals surface area contributed by atoms with E-state index < -0.39 is 0 Å². The fourth-order valence-electron chi connectivity index (χ4n) is 2.54. The molecule has 0 aliphatic carbocycles. The number of H-pyrrole nitrogens is 1. The average molecular weight is 293 g/mol. The van der Waals surface area contributed by atoms with Crippen molar-refractivity contribution < 1.29 is 0 Å². The SMILES string of the molecule is CCN(Cc1ccccc1)Cc1nc2ccccc2c(=O)[nH]1. The van der Waals surface area contributed by atoms with Crippen LogP contribution in [0.4, 0.5) is 0 Å². The summed E-state index contributed by atoms with van der Waals surface area (Å²) < 4.78 is 0. The molecule has 1 heterocycles. The molecule has 0 bridgehead atoms. The van der Waals surface area contributed by atoms with Crippen molar-refractivity contribution in [3.63, 3.8) is 0 Å². The molecule has 4 nitrogen and oxygen atoms in total. The van der Waals surface area contributed by atoms with Gasteiger partial charge in [-0.2, -0.15) is 0 Å². The van der Waals surface area contributed by atoms with Gasteiger partial charge < -0.3 is 4.98 Å². The number of para-hydroxylation sites is 1. The van der Waals surface area contributed by atoms with Crippen LogP contribution in [0.25, 0.3) is 10.9 Å². The van der Waals surface area contributed by atoms with Crippen LogP contribution in [-0.4, -0.2) is 21.4 Å². The van der Waals surface area contributed by atoms with E-state index in [4.69, 9.17) is 0 Å². The van der Waals surface area contributed by atoms with Crippen molar-refractivity contribution in [1.82, 2.24) is 14.9 Å². The predicted molar refractivity (Wildman–Crippen MR) is 88.6 cm³/mol. The van der Waals surface area contributed by atoms with Gasteiger partial charge in [-0.1, -0.05) is 49.4 Å². The zero-order valence-corrected chi connectivity index (χ0v) is 12.6. The number of hydrogen-bond acceptors (Lipinski definition) is 3. The fraction of sp³-hybridized carbons (Fsp3) is 0.222. The molecule has 0 unspecified atom stereocenters. The first-order valence-electron chi connectivity index (χ1n) is 7.50. The average Bonchev–Trinajstić information content (AvgIpc) is 2.55. The molecule has 0 spiro atoms. The van der Waals surface area contributed by atoms with E-state index in [-0.39, 0.29) is 5.56 Å². The van der Waals surface area contributed by atoms with Gasteiger partial charge in [0.2, 0.25) is 0 Å². The van der Waals surface area contributed by atoms with Gasteiger partial charge in [0.15, 0.2) is 0 Å². The van der Waals surface area contributed by atoms with Crippen molar-refractivity contribution in [3.8, 4) is 0 Å². The number of rotatable bonds is 5. The minimum Gasteiger partial charge on any atom is -0.309 e. The lowest BCUT2D eigenvalue weighted by Gasteiger charge is -2.19. The maximum Gasteiger partial charge on any atom is 0.258 e. The summed E-state index contributed by atoms with van der Waals surface area (Å²) in [6, 6.07) is 17.8. The summed E-state index contributed by atoms with van der Waals surface area (Å²) in [5.41, 5.74) is 1.93. The van der Waals surface area contributed by atoms with Gasteiger partial charge >= 0.3 is 0 Å². The van der Waals surface area contributed by atoms with E-state index in [0.717, 1.165) is 18.6 Å². The molecule has 0 saturated heterocycles. The number of nitrogens with zero attached hydrogens (tertiary/aromatic N) is 2. The van der Waals surface area contributed by atoms with Crippen LogP contribution in [0.1, 0.15) is 18.3 Å². The van der Waals surface area contributed by atoms with Gasteiger partial charge in [0.1, 0.15) is 5.82 Å². The van der Waals surface area contributed by atoms with Crippen LogP contribution in [0.2, 0.25) is 0 Å². The third-order valence-electron chi connectivity index (χ3n) is 3.73.